The largest absolute Gasteiger partial charge is 0.455 e. The molecule has 2 rings (SSSR count). The highest BCUT2D eigenvalue weighted by atomic mass is 35.5. The van der Waals surface area contributed by atoms with E-state index in [9.17, 15) is 9.59 Å². The number of rotatable bonds is 4. The van der Waals surface area contributed by atoms with Gasteiger partial charge in [0.05, 0.1) is 10.7 Å². The highest BCUT2D eigenvalue weighted by Crippen LogP contribution is 2.64. The van der Waals surface area contributed by atoms with Gasteiger partial charge in [-0.05, 0) is 19.1 Å². The Hall–Kier alpha value is -0.970. The van der Waals surface area contributed by atoms with Crippen molar-refractivity contribution in [2.45, 2.75) is 17.7 Å². The summed E-state index contributed by atoms with van der Waals surface area (Å²) < 4.78 is 3.81. The molecule has 1 N–H and O–H groups in total. The van der Waals surface area contributed by atoms with Crippen LogP contribution in [-0.2, 0) is 14.3 Å². The first-order valence-corrected chi connectivity index (χ1v) is 6.99. The standard InChI is InChI=1S/C13H12Cl3NO3/c1-12(7-13(12,15)16)11(19)20-6-10(18)17-9-5-3-2-4-8(9)14/h2-5H,6-7H2,1H3,(H,17,18)/t12-/m0/s1. The Balaban J connectivity index is 1.85. The number of ether oxygens (including phenoxy) is 1. The summed E-state index contributed by atoms with van der Waals surface area (Å²) in [6, 6.07) is 6.76. The lowest BCUT2D eigenvalue weighted by atomic mass is 10.1. The van der Waals surface area contributed by atoms with Gasteiger partial charge in [-0.15, -0.1) is 23.2 Å². The highest BCUT2D eigenvalue weighted by Gasteiger charge is 2.69. The summed E-state index contributed by atoms with van der Waals surface area (Å²) in [5.41, 5.74) is -0.488. The molecule has 0 unspecified atom stereocenters. The number of esters is 1. The zero-order chi connectivity index (χ0) is 15.0. The van der Waals surface area contributed by atoms with E-state index in [1.54, 1.807) is 31.2 Å². The molecular weight excluding hydrogens is 325 g/mol. The molecule has 4 nitrogen and oxygen atoms in total. The van der Waals surface area contributed by atoms with Crippen molar-refractivity contribution in [3.05, 3.63) is 29.3 Å². The zero-order valence-electron chi connectivity index (χ0n) is 10.6. The molecule has 1 atom stereocenters. The second-order valence-corrected chi connectivity index (χ2v) is 6.71. The second-order valence-electron chi connectivity index (χ2n) is 4.82. The van der Waals surface area contributed by atoms with Gasteiger partial charge in [-0.1, -0.05) is 23.7 Å². The van der Waals surface area contributed by atoms with Crippen LogP contribution in [0.5, 0.6) is 0 Å². The minimum absolute atomic E-state index is 0.314. The highest BCUT2D eigenvalue weighted by molar-refractivity contribution is 6.53. The maximum absolute atomic E-state index is 11.8. The first-order chi connectivity index (χ1) is 9.26. The predicted molar refractivity (Wildman–Crippen MR) is 78.2 cm³/mol. The summed E-state index contributed by atoms with van der Waals surface area (Å²) in [6.45, 7) is 1.19. The number of alkyl halides is 2. The zero-order valence-corrected chi connectivity index (χ0v) is 12.9. The number of nitrogens with one attached hydrogen (secondary N) is 1. The van der Waals surface area contributed by atoms with Crippen molar-refractivity contribution >= 4 is 52.4 Å². The van der Waals surface area contributed by atoms with E-state index in [4.69, 9.17) is 39.5 Å². The van der Waals surface area contributed by atoms with Gasteiger partial charge in [0.1, 0.15) is 9.75 Å². The molecule has 0 bridgehead atoms. The van der Waals surface area contributed by atoms with Crippen molar-refractivity contribution in [3.8, 4) is 0 Å². The van der Waals surface area contributed by atoms with Crippen LogP contribution < -0.4 is 5.32 Å². The van der Waals surface area contributed by atoms with Crippen molar-refractivity contribution in [2.24, 2.45) is 5.41 Å². The lowest BCUT2D eigenvalue weighted by Gasteiger charge is -2.12. The number of halogens is 3. The molecule has 20 heavy (non-hydrogen) atoms. The number of hydrogen-bond donors (Lipinski definition) is 1. The van der Waals surface area contributed by atoms with Crippen molar-refractivity contribution < 1.29 is 14.3 Å². The van der Waals surface area contributed by atoms with E-state index >= 15 is 0 Å². The normalized spacial score (nSPS) is 23.0. The van der Waals surface area contributed by atoms with E-state index in [0.717, 1.165) is 0 Å². The molecule has 1 saturated carbocycles. The Morgan fingerprint density at radius 1 is 1.35 bits per heavy atom. The minimum Gasteiger partial charge on any atom is -0.455 e. The van der Waals surface area contributed by atoms with Gasteiger partial charge in [0.15, 0.2) is 6.61 Å². The van der Waals surface area contributed by atoms with Gasteiger partial charge in [0.25, 0.3) is 5.91 Å². The van der Waals surface area contributed by atoms with Gasteiger partial charge >= 0.3 is 5.97 Å². The van der Waals surface area contributed by atoms with Crippen molar-refractivity contribution in [3.63, 3.8) is 0 Å². The van der Waals surface area contributed by atoms with Crippen LogP contribution in [0.2, 0.25) is 5.02 Å². The van der Waals surface area contributed by atoms with Crippen molar-refractivity contribution in [1.82, 2.24) is 0 Å². The molecule has 1 aromatic carbocycles. The summed E-state index contributed by atoms with van der Waals surface area (Å²) in [5.74, 6) is -1.07. The van der Waals surface area contributed by atoms with Gasteiger partial charge in [-0.25, -0.2) is 0 Å². The predicted octanol–water partition coefficient (Wildman–Crippen LogP) is 3.41. The van der Waals surface area contributed by atoms with E-state index in [1.807, 2.05) is 0 Å². The summed E-state index contributed by atoms with van der Waals surface area (Å²) in [6.07, 6.45) is 0.314. The van der Waals surface area contributed by atoms with Crippen molar-refractivity contribution in [2.75, 3.05) is 11.9 Å². The fourth-order valence-corrected chi connectivity index (χ4v) is 2.53. The Kier molecular flexibility index (Phi) is 4.19. The van der Waals surface area contributed by atoms with E-state index in [1.165, 1.54) is 0 Å². The maximum atomic E-state index is 11.8. The lowest BCUT2D eigenvalue weighted by molar-refractivity contribution is -0.152. The Morgan fingerprint density at radius 2 is 1.95 bits per heavy atom. The molecule has 0 aromatic heterocycles. The molecule has 0 radical (unpaired) electrons. The first kappa shape index (κ1) is 15.4. The summed E-state index contributed by atoms with van der Waals surface area (Å²) in [4.78, 5) is 23.4. The molecule has 1 fully saturated rings. The van der Waals surface area contributed by atoms with Gasteiger partial charge < -0.3 is 10.1 Å². The number of para-hydroxylation sites is 1. The van der Waals surface area contributed by atoms with Crippen LogP contribution in [0, 0.1) is 5.41 Å². The number of anilines is 1. The molecule has 0 saturated heterocycles. The Bertz CT molecular complexity index is 562. The van der Waals surface area contributed by atoms with Gasteiger partial charge in [-0.3, -0.25) is 9.59 Å². The van der Waals surface area contributed by atoms with Gasteiger partial charge in [-0.2, -0.15) is 0 Å². The third kappa shape index (κ3) is 3.03. The quantitative estimate of drug-likeness (QED) is 0.677. The molecule has 7 heteroatoms. The molecule has 0 heterocycles. The fourth-order valence-electron chi connectivity index (χ4n) is 1.66. The fraction of sp³-hybridized carbons (Fsp3) is 0.385. The average molecular weight is 337 g/mol. The van der Waals surface area contributed by atoms with Crippen LogP contribution in [0.15, 0.2) is 24.3 Å². The number of amides is 1. The SMILES string of the molecule is C[C@@]1(C(=O)OCC(=O)Nc2ccccc2Cl)CC1(Cl)Cl. The van der Waals surface area contributed by atoms with Crippen LogP contribution in [-0.4, -0.2) is 22.8 Å². The number of carbonyl (C=O) groups excluding carboxylic acids is 2. The molecular formula is C13H12Cl3NO3. The van der Waals surface area contributed by atoms with E-state index in [-0.39, 0.29) is 0 Å². The van der Waals surface area contributed by atoms with Crippen LogP contribution in [0.4, 0.5) is 5.69 Å². The summed E-state index contributed by atoms with van der Waals surface area (Å²) >= 11 is 17.6. The van der Waals surface area contributed by atoms with E-state index in [2.05, 4.69) is 5.32 Å². The van der Waals surface area contributed by atoms with Crippen molar-refractivity contribution in [1.29, 1.82) is 0 Å². The monoisotopic (exact) mass is 335 g/mol. The Labute approximate surface area is 131 Å². The van der Waals surface area contributed by atoms with E-state index < -0.39 is 28.2 Å². The molecule has 0 spiro atoms. The van der Waals surface area contributed by atoms with Crippen LogP contribution >= 0.6 is 34.8 Å². The molecule has 0 aliphatic heterocycles. The lowest BCUT2D eigenvalue weighted by Crippen LogP contribution is -2.26. The topological polar surface area (TPSA) is 55.4 Å². The summed E-state index contributed by atoms with van der Waals surface area (Å²) in [7, 11) is 0. The first-order valence-electron chi connectivity index (χ1n) is 5.86. The van der Waals surface area contributed by atoms with Gasteiger partial charge in [0, 0.05) is 6.42 Å². The second kappa shape index (κ2) is 5.43. The maximum Gasteiger partial charge on any atom is 0.315 e. The molecule has 1 amide bonds. The minimum atomic E-state index is -1.11. The number of hydrogen-bond acceptors (Lipinski definition) is 3. The molecule has 1 aromatic rings. The average Bonchev–Trinajstić information content (AvgIpc) is 2.90. The molecule has 1 aliphatic rings. The number of carbonyl (C=O) groups is 2. The summed E-state index contributed by atoms with van der Waals surface area (Å²) in [5, 5.41) is 2.95. The third-order valence-corrected chi connectivity index (χ3v) is 4.62. The molecule has 1 aliphatic carbocycles. The van der Waals surface area contributed by atoms with Gasteiger partial charge in [0.2, 0.25) is 0 Å². The van der Waals surface area contributed by atoms with Crippen LogP contribution in [0.25, 0.3) is 0 Å². The van der Waals surface area contributed by atoms with Crippen LogP contribution in [0.3, 0.4) is 0 Å². The number of benzene rings is 1. The Morgan fingerprint density at radius 3 is 2.50 bits per heavy atom. The third-order valence-electron chi connectivity index (χ3n) is 3.19. The smallest absolute Gasteiger partial charge is 0.315 e. The van der Waals surface area contributed by atoms with E-state index in [0.29, 0.717) is 17.1 Å². The van der Waals surface area contributed by atoms with Crippen LogP contribution in [0.1, 0.15) is 13.3 Å². The molecule has 108 valence electrons.